The smallest absolute Gasteiger partial charge is 0.389 e. The Bertz CT molecular complexity index is 506. The predicted octanol–water partition coefficient (Wildman–Crippen LogP) is 4.47. The van der Waals surface area contributed by atoms with Gasteiger partial charge in [0.15, 0.2) is 0 Å². The number of hydrogen-bond acceptors (Lipinski definition) is 2. The molecule has 2 nitrogen and oxygen atoms in total. The van der Waals surface area contributed by atoms with Crippen molar-refractivity contribution in [2.45, 2.75) is 50.7 Å². The lowest BCUT2D eigenvalue weighted by atomic mass is 10.0. The van der Waals surface area contributed by atoms with Crippen LogP contribution in [-0.4, -0.2) is 11.0 Å². The van der Waals surface area contributed by atoms with Gasteiger partial charge in [0.05, 0.1) is 5.56 Å². The third kappa shape index (κ3) is 4.33. The minimum absolute atomic E-state index is 0.0165. The molecule has 1 fully saturated rings. The van der Waals surface area contributed by atoms with E-state index in [-0.39, 0.29) is 16.6 Å². The van der Waals surface area contributed by atoms with Crippen molar-refractivity contribution in [3.8, 4) is 0 Å². The van der Waals surface area contributed by atoms with Gasteiger partial charge in [0.25, 0.3) is 0 Å². The molecule has 3 N–H and O–H groups in total. The molecule has 0 saturated heterocycles. The number of anilines is 1. The number of nitrogens with one attached hydrogen (secondary N) is 1. The molecule has 0 atom stereocenters. The molecule has 1 aromatic carbocycles. The van der Waals surface area contributed by atoms with Gasteiger partial charge >= 0.3 is 6.18 Å². The average Bonchev–Trinajstić information content (AvgIpc) is 2.66. The van der Waals surface area contributed by atoms with Crippen LogP contribution in [0.3, 0.4) is 0 Å². The highest BCUT2D eigenvalue weighted by Gasteiger charge is 2.31. The molecule has 0 aromatic heterocycles. The molecule has 0 bridgehead atoms. The minimum Gasteiger partial charge on any atom is -0.389 e. The van der Waals surface area contributed by atoms with Crippen molar-refractivity contribution in [2.24, 2.45) is 5.73 Å². The molecule has 0 unspecified atom stereocenters. The molecule has 0 heterocycles. The lowest BCUT2D eigenvalue weighted by Crippen LogP contribution is -2.22. The number of rotatable bonds is 3. The molecule has 0 spiro atoms. The fraction of sp³-hybridized carbons (Fsp3) is 0.533. The van der Waals surface area contributed by atoms with Crippen molar-refractivity contribution >= 4 is 22.9 Å². The number of benzene rings is 1. The van der Waals surface area contributed by atoms with Gasteiger partial charge in [0.1, 0.15) is 4.99 Å². The Labute approximate surface area is 127 Å². The maximum absolute atomic E-state index is 12.8. The predicted molar refractivity (Wildman–Crippen MR) is 82.4 cm³/mol. The zero-order valence-electron chi connectivity index (χ0n) is 11.7. The number of thiocarbonyl (C=S) groups is 1. The van der Waals surface area contributed by atoms with Crippen molar-refractivity contribution in [1.82, 2.24) is 0 Å². The highest BCUT2D eigenvalue weighted by molar-refractivity contribution is 7.80. The molecule has 6 heteroatoms. The van der Waals surface area contributed by atoms with Crippen LogP contribution in [0, 0.1) is 0 Å². The standard InChI is InChI=1S/C15H19F3N2S/c16-15(17,18)10-7-8-13(12(9-10)14(19)21)20-11-5-3-1-2-4-6-11/h7-9,11,20H,1-6H2,(H2,19,21). The van der Waals surface area contributed by atoms with Crippen LogP contribution < -0.4 is 11.1 Å². The number of nitrogens with two attached hydrogens (primary N) is 1. The fourth-order valence-electron chi connectivity index (χ4n) is 2.69. The van der Waals surface area contributed by atoms with E-state index in [0.29, 0.717) is 5.69 Å². The summed E-state index contributed by atoms with van der Waals surface area (Å²) in [4.78, 5) is -0.0165. The van der Waals surface area contributed by atoms with Crippen LogP contribution in [0.25, 0.3) is 0 Å². The number of hydrogen-bond donors (Lipinski definition) is 2. The van der Waals surface area contributed by atoms with Gasteiger partial charge in [-0.15, -0.1) is 0 Å². The number of alkyl halides is 3. The molecular formula is C15H19F3N2S. The van der Waals surface area contributed by atoms with E-state index in [1.807, 2.05) is 0 Å². The summed E-state index contributed by atoms with van der Waals surface area (Å²) in [5.74, 6) is 0. The van der Waals surface area contributed by atoms with Gasteiger partial charge in [-0.05, 0) is 31.0 Å². The quantitative estimate of drug-likeness (QED) is 0.638. The largest absolute Gasteiger partial charge is 0.416 e. The molecule has 1 aromatic rings. The lowest BCUT2D eigenvalue weighted by Gasteiger charge is -2.21. The minimum atomic E-state index is -4.39. The van der Waals surface area contributed by atoms with Gasteiger partial charge in [-0.2, -0.15) is 13.2 Å². The number of halogens is 3. The summed E-state index contributed by atoms with van der Waals surface area (Å²) in [7, 11) is 0. The van der Waals surface area contributed by atoms with Gasteiger partial charge in [-0.1, -0.05) is 37.9 Å². The monoisotopic (exact) mass is 316 g/mol. The van der Waals surface area contributed by atoms with Crippen LogP contribution in [0.4, 0.5) is 18.9 Å². The summed E-state index contributed by atoms with van der Waals surface area (Å²) < 4.78 is 38.3. The summed E-state index contributed by atoms with van der Waals surface area (Å²) >= 11 is 4.90. The average molecular weight is 316 g/mol. The van der Waals surface area contributed by atoms with Crippen LogP contribution in [-0.2, 0) is 6.18 Å². The molecule has 1 aliphatic rings. The second-order valence-electron chi connectivity index (χ2n) is 5.46. The summed E-state index contributed by atoms with van der Waals surface area (Å²) in [5, 5.41) is 3.31. The van der Waals surface area contributed by atoms with Gasteiger partial charge < -0.3 is 11.1 Å². The molecule has 2 rings (SSSR count). The zero-order chi connectivity index (χ0) is 15.5. The summed E-state index contributed by atoms with van der Waals surface area (Å²) in [6.45, 7) is 0. The highest BCUT2D eigenvalue weighted by Crippen LogP contribution is 2.32. The molecule has 0 aliphatic heterocycles. The normalized spacial score (nSPS) is 17.3. The third-order valence-corrected chi connectivity index (χ3v) is 4.05. The van der Waals surface area contributed by atoms with Crippen molar-refractivity contribution < 1.29 is 13.2 Å². The topological polar surface area (TPSA) is 38.0 Å². The maximum Gasteiger partial charge on any atom is 0.416 e. The molecular weight excluding hydrogens is 297 g/mol. The molecule has 0 amide bonds. The van der Waals surface area contributed by atoms with Crippen LogP contribution in [0.15, 0.2) is 18.2 Å². The van der Waals surface area contributed by atoms with E-state index in [4.69, 9.17) is 18.0 Å². The summed E-state index contributed by atoms with van der Waals surface area (Å²) in [6, 6.07) is 3.81. The van der Waals surface area contributed by atoms with Crippen LogP contribution in [0.5, 0.6) is 0 Å². The first-order chi connectivity index (χ1) is 9.88. The van der Waals surface area contributed by atoms with E-state index in [1.165, 1.54) is 18.9 Å². The van der Waals surface area contributed by atoms with E-state index in [2.05, 4.69) is 5.32 Å². The first kappa shape index (κ1) is 16.1. The first-order valence-electron chi connectivity index (χ1n) is 7.15. The first-order valence-corrected chi connectivity index (χ1v) is 7.56. The van der Waals surface area contributed by atoms with E-state index in [9.17, 15) is 13.2 Å². The Hall–Kier alpha value is -1.30. The van der Waals surface area contributed by atoms with Crippen LogP contribution in [0.1, 0.15) is 49.7 Å². The van der Waals surface area contributed by atoms with E-state index < -0.39 is 11.7 Å². The molecule has 0 radical (unpaired) electrons. The van der Waals surface area contributed by atoms with Crippen molar-refractivity contribution in [2.75, 3.05) is 5.32 Å². The van der Waals surface area contributed by atoms with Crippen LogP contribution >= 0.6 is 12.2 Å². The second-order valence-corrected chi connectivity index (χ2v) is 5.90. The Kier molecular flexibility index (Phi) is 5.08. The summed E-state index contributed by atoms with van der Waals surface area (Å²) in [6.07, 6.45) is 2.37. The Morgan fingerprint density at radius 3 is 2.29 bits per heavy atom. The zero-order valence-corrected chi connectivity index (χ0v) is 12.5. The lowest BCUT2D eigenvalue weighted by molar-refractivity contribution is -0.137. The van der Waals surface area contributed by atoms with Crippen molar-refractivity contribution in [1.29, 1.82) is 0 Å². The van der Waals surface area contributed by atoms with Gasteiger partial charge in [0, 0.05) is 17.3 Å². The van der Waals surface area contributed by atoms with Gasteiger partial charge in [0.2, 0.25) is 0 Å². The van der Waals surface area contributed by atoms with Crippen LogP contribution in [0.2, 0.25) is 0 Å². The van der Waals surface area contributed by atoms with Crippen molar-refractivity contribution in [3.05, 3.63) is 29.3 Å². The van der Waals surface area contributed by atoms with E-state index in [1.54, 1.807) is 0 Å². The van der Waals surface area contributed by atoms with E-state index >= 15 is 0 Å². The molecule has 21 heavy (non-hydrogen) atoms. The highest BCUT2D eigenvalue weighted by atomic mass is 32.1. The maximum atomic E-state index is 12.8. The summed E-state index contributed by atoms with van der Waals surface area (Å²) in [5.41, 5.74) is 5.73. The fourth-order valence-corrected chi connectivity index (χ4v) is 2.86. The third-order valence-electron chi connectivity index (χ3n) is 3.83. The SMILES string of the molecule is NC(=S)c1cc(C(F)(F)F)ccc1NC1CCCCCC1. The van der Waals surface area contributed by atoms with E-state index in [0.717, 1.165) is 37.8 Å². The Morgan fingerprint density at radius 2 is 1.76 bits per heavy atom. The Balaban J connectivity index is 2.24. The van der Waals surface area contributed by atoms with Gasteiger partial charge in [-0.25, -0.2) is 0 Å². The molecule has 1 aliphatic carbocycles. The van der Waals surface area contributed by atoms with Gasteiger partial charge in [-0.3, -0.25) is 0 Å². The Morgan fingerprint density at radius 1 is 1.14 bits per heavy atom. The molecule has 116 valence electrons. The second kappa shape index (κ2) is 6.64. The molecule has 1 saturated carbocycles. The van der Waals surface area contributed by atoms with Crippen molar-refractivity contribution in [3.63, 3.8) is 0 Å².